The molecule has 1 aromatic heterocycles. The first kappa shape index (κ1) is 12.6. The van der Waals surface area contributed by atoms with Crippen molar-refractivity contribution >= 4 is 10.9 Å². The summed E-state index contributed by atoms with van der Waals surface area (Å²) in [6.07, 6.45) is 5.25. The molecule has 2 aromatic rings. The lowest BCUT2D eigenvalue weighted by Gasteiger charge is -2.42. The maximum Gasteiger partial charge on any atom is 0.0708 e. The summed E-state index contributed by atoms with van der Waals surface area (Å²) in [5.74, 6) is 0. The second kappa shape index (κ2) is 4.93. The van der Waals surface area contributed by atoms with Crippen LogP contribution in [0.2, 0.25) is 0 Å². The van der Waals surface area contributed by atoms with E-state index >= 15 is 0 Å². The molecular weight excluding hydrogens is 232 g/mol. The molecule has 3 rings (SSSR count). The Morgan fingerprint density at radius 1 is 1.26 bits per heavy atom. The third-order valence-electron chi connectivity index (χ3n) is 4.57. The van der Waals surface area contributed by atoms with Crippen molar-refractivity contribution in [1.82, 2.24) is 10.3 Å². The van der Waals surface area contributed by atoms with E-state index in [1.165, 1.54) is 36.6 Å². The predicted molar refractivity (Wildman–Crippen MR) is 80.2 cm³/mol. The van der Waals surface area contributed by atoms with Crippen molar-refractivity contribution < 1.29 is 0 Å². The molecule has 0 amide bonds. The fourth-order valence-corrected chi connectivity index (χ4v) is 3.08. The lowest BCUT2D eigenvalue weighted by Crippen LogP contribution is -2.49. The highest BCUT2D eigenvalue weighted by molar-refractivity contribution is 5.82. The Morgan fingerprint density at radius 3 is 2.74 bits per heavy atom. The lowest BCUT2D eigenvalue weighted by molar-refractivity contribution is 0.175. The Kier molecular flexibility index (Phi) is 3.28. The summed E-state index contributed by atoms with van der Waals surface area (Å²) in [5.41, 5.74) is 3.99. The zero-order valence-corrected chi connectivity index (χ0v) is 11.9. The van der Waals surface area contributed by atoms with E-state index in [2.05, 4.69) is 54.5 Å². The van der Waals surface area contributed by atoms with Crippen LogP contribution in [0.1, 0.15) is 43.9 Å². The number of benzene rings is 1. The van der Waals surface area contributed by atoms with Gasteiger partial charge in [0.25, 0.3) is 0 Å². The van der Waals surface area contributed by atoms with Gasteiger partial charge in [-0.3, -0.25) is 4.98 Å². The van der Waals surface area contributed by atoms with Crippen LogP contribution in [0.4, 0.5) is 0 Å². The van der Waals surface area contributed by atoms with E-state index in [9.17, 15) is 0 Å². The number of nitrogens with one attached hydrogen (secondary N) is 1. The molecule has 1 fully saturated rings. The van der Waals surface area contributed by atoms with E-state index in [0.29, 0.717) is 5.54 Å². The van der Waals surface area contributed by atoms with Gasteiger partial charge in [-0.2, -0.15) is 0 Å². The maximum absolute atomic E-state index is 4.61. The van der Waals surface area contributed by atoms with E-state index in [1.54, 1.807) is 0 Å². The minimum absolute atomic E-state index is 0.401. The molecule has 0 atom stereocenters. The summed E-state index contributed by atoms with van der Waals surface area (Å²) in [6, 6.07) is 10.7. The summed E-state index contributed by atoms with van der Waals surface area (Å²) in [6.45, 7) is 5.33. The van der Waals surface area contributed by atoms with Crippen molar-refractivity contribution in [1.29, 1.82) is 0 Å². The summed E-state index contributed by atoms with van der Waals surface area (Å²) in [5, 5.41) is 5.07. The predicted octanol–water partition coefficient (Wildman–Crippen LogP) is 3.97. The highest BCUT2D eigenvalue weighted by atomic mass is 15.0. The van der Waals surface area contributed by atoms with Gasteiger partial charge in [0, 0.05) is 23.2 Å². The summed E-state index contributed by atoms with van der Waals surface area (Å²) in [7, 11) is 0. The molecule has 1 aliphatic carbocycles. The SMILES string of the molecule is CCC1(NCc2cc(C)nc3ccccc23)CCC1. The van der Waals surface area contributed by atoms with Gasteiger partial charge in [0.15, 0.2) is 0 Å². The van der Waals surface area contributed by atoms with Gasteiger partial charge in [-0.1, -0.05) is 25.1 Å². The average molecular weight is 254 g/mol. The van der Waals surface area contributed by atoms with Gasteiger partial charge in [0.05, 0.1) is 5.52 Å². The van der Waals surface area contributed by atoms with Crippen LogP contribution in [0, 0.1) is 6.92 Å². The first-order valence-electron chi connectivity index (χ1n) is 7.33. The number of aromatic nitrogens is 1. The van der Waals surface area contributed by atoms with Crippen LogP contribution in [0.5, 0.6) is 0 Å². The summed E-state index contributed by atoms with van der Waals surface area (Å²) in [4.78, 5) is 4.61. The Bertz CT molecular complexity index is 579. The Hall–Kier alpha value is -1.41. The van der Waals surface area contributed by atoms with Gasteiger partial charge in [-0.15, -0.1) is 0 Å². The zero-order valence-electron chi connectivity index (χ0n) is 11.9. The molecule has 0 radical (unpaired) electrons. The molecule has 100 valence electrons. The fraction of sp³-hybridized carbons (Fsp3) is 0.471. The molecule has 1 N–H and O–H groups in total. The van der Waals surface area contributed by atoms with Crippen molar-refractivity contribution in [2.24, 2.45) is 0 Å². The molecule has 0 saturated heterocycles. The molecule has 0 spiro atoms. The minimum Gasteiger partial charge on any atom is -0.307 e. The van der Waals surface area contributed by atoms with Gasteiger partial charge in [0.1, 0.15) is 0 Å². The Morgan fingerprint density at radius 2 is 2.05 bits per heavy atom. The van der Waals surface area contributed by atoms with Crippen LogP contribution in [-0.2, 0) is 6.54 Å². The van der Waals surface area contributed by atoms with Crippen LogP contribution < -0.4 is 5.32 Å². The first-order valence-corrected chi connectivity index (χ1v) is 7.33. The Balaban J connectivity index is 1.88. The normalized spacial score (nSPS) is 17.4. The van der Waals surface area contributed by atoms with Crippen molar-refractivity contribution in [2.75, 3.05) is 0 Å². The summed E-state index contributed by atoms with van der Waals surface area (Å²) < 4.78 is 0. The van der Waals surface area contributed by atoms with Crippen LogP contribution in [0.15, 0.2) is 30.3 Å². The van der Waals surface area contributed by atoms with Gasteiger partial charge in [-0.25, -0.2) is 0 Å². The van der Waals surface area contributed by atoms with Crippen molar-refractivity contribution in [3.63, 3.8) is 0 Å². The number of aryl methyl sites for hydroxylation is 1. The monoisotopic (exact) mass is 254 g/mol. The van der Waals surface area contributed by atoms with Crippen molar-refractivity contribution in [3.05, 3.63) is 41.6 Å². The molecule has 2 heteroatoms. The quantitative estimate of drug-likeness (QED) is 0.893. The van der Waals surface area contributed by atoms with Gasteiger partial charge >= 0.3 is 0 Å². The van der Waals surface area contributed by atoms with Crippen LogP contribution >= 0.6 is 0 Å². The average Bonchev–Trinajstić information content (AvgIpc) is 2.37. The number of rotatable bonds is 4. The molecule has 0 aliphatic heterocycles. The first-order chi connectivity index (χ1) is 9.22. The molecule has 0 bridgehead atoms. The summed E-state index contributed by atoms with van der Waals surface area (Å²) >= 11 is 0. The van der Waals surface area contributed by atoms with Crippen LogP contribution in [0.3, 0.4) is 0 Å². The standard InChI is InChI=1S/C17H22N2/c1-3-17(9-6-10-17)18-12-14-11-13(2)19-16-8-5-4-7-15(14)16/h4-5,7-8,11,18H,3,6,9-10,12H2,1-2H3. The number of hydrogen-bond acceptors (Lipinski definition) is 2. The van der Waals surface area contributed by atoms with Gasteiger partial charge in [-0.05, 0) is 50.3 Å². The second-order valence-electron chi connectivity index (χ2n) is 5.78. The fourth-order valence-electron chi connectivity index (χ4n) is 3.08. The third-order valence-corrected chi connectivity index (χ3v) is 4.57. The molecule has 2 nitrogen and oxygen atoms in total. The molecule has 1 saturated carbocycles. The lowest BCUT2D eigenvalue weighted by atomic mass is 9.75. The van der Waals surface area contributed by atoms with Crippen LogP contribution in [-0.4, -0.2) is 10.5 Å². The van der Waals surface area contributed by atoms with Crippen LogP contribution in [0.25, 0.3) is 10.9 Å². The van der Waals surface area contributed by atoms with E-state index in [4.69, 9.17) is 0 Å². The molecule has 1 aliphatic rings. The van der Waals surface area contributed by atoms with Crippen molar-refractivity contribution in [2.45, 2.75) is 51.6 Å². The van der Waals surface area contributed by atoms with Gasteiger partial charge < -0.3 is 5.32 Å². The van der Waals surface area contributed by atoms with Crippen molar-refractivity contribution in [3.8, 4) is 0 Å². The topological polar surface area (TPSA) is 24.9 Å². The molecule has 0 unspecified atom stereocenters. The minimum atomic E-state index is 0.401. The van der Waals surface area contributed by atoms with E-state index < -0.39 is 0 Å². The number of para-hydroxylation sites is 1. The highest BCUT2D eigenvalue weighted by Gasteiger charge is 2.34. The van der Waals surface area contributed by atoms with E-state index in [0.717, 1.165) is 17.8 Å². The highest BCUT2D eigenvalue weighted by Crippen LogP contribution is 2.35. The van der Waals surface area contributed by atoms with Gasteiger partial charge in [0.2, 0.25) is 0 Å². The van der Waals surface area contributed by atoms with E-state index in [-0.39, 0.29) is 0 Å². The zero-order chi connectivity index (χ0) is 13.3. The molecule has 1 heterocycles. The molecule has 19 heavy (non-hydrogen) atoms. The molecule has 1 aromatic carbocycles. The number of pyridine rings is 1. The molecular formula is C17H22N2. The second-order valence-corrected chi connectivity index (χ2v) is 5.78. The third kappa shape index (κ3) is 2.37. The Labute approximate surface area is 115 Å². The number of nitrogens with zero attached hydrogens (tertiary/aromatic N) is 1. The number of hydrogen-bond donors (Lipinski definition) is 1. The largest absolute Gasteiger partial charge is 0.307 e. The maximum atomic E-state index is 4.61. The van der Waals surface area contributed by atoms with E-state index in [1.807, 2.05) is 0 Å². The smallest absolute Gasteiger partial charge is 0.0708 e. The number of fused-ring (bicyclic) bond motifs is 1.